The molecule has 0 saturated heterocycles. The Bertz CT molecular complexity index is 3280. The fourth-order valence-corrected chi connectivity index (χ4v) is 10.0. The summed E-state index contributed by atoms with van der Waals surface area (Å²) in [5, 5.41) is 35.1. The van der Waals surface area contributed by atoms with Crippen molar-refractivity contribution in [3.8, 4) is 0 Å². The van der Waals surface area contributed by atoms with Gasteiger partial charge in [-0.2, -0.15) is 0 Å². The van der Waals surface area contributed by atoms with Crippen molar-refractivity contribution in [2.45, 2.75) is 152 Å². The number of carbonyl (C=O) groups is 10. The lowest BCUT2D eigenvalue weighted by Crippen LogP contribution is -2.62. The van der Waals surface area contributed by atoms with Crippen LogP contribution >= 0.6 is 0 Å². The number of hydrogen-bond donors (Lipinski definition) is 18. The van der Waals surface area contributed by atoms with Crippen LogP contribution in [0.15, 0.2) is 136 Å². The fraction of sp³-hybridized carbons (Fsp3) is 0.439. The molecule has 0 saturated carbocycles. The quantitative estimate of drug-likeness (QED) is 0.0116. The first kappa shape index (κ1) is 78.8. The first-order chi connectivity index (χ1) is 46.3. The Morgan fingerprint density at radius 1 is 0.371 bits per heavy atom. The highest BCUT2D eigenvalue weighted by molar-refractivity contribution is 5.99. The van der Waals surface area contributed by atoms with E-state index >= 15 is 0 Å². The van der Waals surface area contributed by atoms with E-state index in [1.54, 1.807) is 135 Å². The molecule has 526 valence electrons. The summed E-state index contributed by atoms with van der Waals surface area (Å²) >= 11 is 0. The molecule has 0 fully saturated rings. The number of nitrogens with zero attached hydrogens (tertiary/aromatic N) is 3. The topological polar surface area (TPSA) is 544 Å². The molecule has 4 rings (SSSR count). The smallest absolute Gasteiger partial charge is 0.245 e. The zero-order valence-corrected chi connectivity index (χ0v) is 55.0. The number of benzene rings is 4. The van der Waals surface area contributed by atoms with Crippen LogP contribution in [0.5, 0.6) is 0 Å². The van der Waals surface area contributed by atoms with Crippen molar-refractivity contribution in [1.29, 1.82) is 0 Å². The predicted octanol–water partition coefficient (Wildman–Crippen LogP) is -3.65. The third-order valence-electron chi connectivity index (χ3n) is 15.5. The van der Waals surface area contributed by atoms with Crippen molar-refractivity contribution in [3.05, 3.63) is 144 Å². The summed E-state index contributed by atoms with van der Waals surface area (Å²) in [4.78, 5) is 154. The first-order valence-electron chi connectivity index (χ1n) is 32.0. The molecule has 31 heteroatoms. The van der Waals surface area contributed by atoms with Crippen LogP contribution in [0.3, 0.4) is 0 Å². The van der Waals surface area contributed by atoms with Crippen molar-refractivity contribution < 1.29 is 53.1 Å². The maximum atomic E-state index is 14.8. The lowest BCUT2D eigenvalue weighted by atomic mass is 9.96. The summed E-state index contributed by atoms with van der Waals surface area (Å²) in [5.41, 5.74) is 47.6. The third kappa shape index (κ3) is 29.2. The highest BCUT2D eigenvalue weighted by Gasteiger charge is 2.38. The Labute approximate surface area is 564 Å². The number of primary amides is 1. The highest BCUT2D eigenvalue weighted by Crippen LogP contribution is 2.15. The SMILES string of the molecule is CC[C@H](C)[C@H](NC(=O)[C@H](CCCN=C(N)N)NC(=O)[C@H](CCCN=C(N)N)NC(=O)[C@H](Cc1ccccc1)NC(=O)[C@H](Cc1ccccc1)NC(=O)CN)C(=O)N[C@@H](CCCN=C(N)N)C(=O)N[C@H](C(=O)N[C@@H](Cc1ccccc1)C(=O)N[C@@H](Cc1ccccc1)C(N)=O)[C@@H](C)O. The van der Waals surface area contributed by atoms with Gasteiger partial charge in [-0.3, -0.25) is 62.9 Å². The Morgan fingerprint density at radius 2 is 0.639 bits per heavy atom. The third-order valence-corrected chi connectivity index (χ3v) is 15.5. The Hall–Kier alpha value is -10.7. The van der Waals surface area contributed by atoms with E-state index in [1.807, 2.05) is 0 Å². The molecule has 97 heavy (non-hydrogen) atoms. The van der Waals surface area contributed by atoms with Gasteiger partial charge in [-0.25, -0.2) is 0 Å². The number of aliphatic hydroxyl groups excluding tert-OH is 1. The van der Waals surface area contributed by atoms with Crippen LogP contribution in [-0.4, -0.2) is 169 Å². The summed E-state index contributed by atoms with van der Waals surface area (Å²) < 4.78 is 0. The lowest BCUT2D eigenvalue weighted by molar-refractivity contribution is -0.137. The normalized spacial score (nSPS) is 14.3. The second-order valence-corrected chi connectivity index (χ2v) is 23.3. The van der Waals surface area contributed by atoms with Gasteiger partial charge in [0.1, 0.15) is 54.4 Å². The average molecular weight is 1350 g/mol. The second kappa shape index (κ2) is 41.9. The van der Waals surface area contributed by atoms with Crippen LogP contribution in [0.4, 0.5) is 0 Å². The molecule has 26 N–H and O–H groups in total. The van der Waals surface area contributed by atoms with Gasteiger partial charge in [0, 0.05) is 45.3 Å². The molecule has 31 nitrogen and oxygen atoms in total. The van der Waals surface area contributed by atoms with E-state index in [-0.39, 0.29) is 108 Å². The van der Waals surface area contributed by atoms with Crippen molar-refractivity contribution in [3.63, 3.8) is 0 Å². The second-order valence-electron chi connectivity index (χ2n) is 23.3. The maximum Gasteiger partial charge on any atom is 0.245 e. The van der Waals surface area contributed by atoms with Crippen LogP contribution < -0.4 is 93.7 Å². The van der Waals surface area contributed by atoms with Crippen LogP contribution in [0.1, 0.15) is 88.0 Å². The highest BCUT2D eigenvalue weighted by atomic mass is 16.3. The summed E-state index contributed by atoms with van der Waals surface area (Å²) in [6.07, 6.45) is -1.65. The molecule has 0 radical (unpaired) electrons. The Kier molecular flexibility index (Phi) is 34.0. The van der Waals surface area contributed by atoms with Crippen LogP contribution in [0.25, 0.3) is 0 Å². The number of rotatable bonds is 42. The number of hydrogen-bond acceptors (Lipinski definition) is 15. The number of amides is 10. The van der Waals surface area contributed by atoms with Gasteiger partial charge in [0.05, 0.1) is 12.6 Å². The zero-order chi connectivity index (χ0) is 71.4. The Morgan fingerprint density at radius 3 is 0.959 bits per heavy atom. The predicted molar refractivity (Wildman–Crippen MR) is 367 cm³/mol. The van der Waals surface area contributed by atoms with E-state index in [2.05, 4.69) is 62.8 Å². The van der Waals surface area contributed by atoms with Crippen molar-refractivity contribution >= 4 is 77.0 Å². The van der Waals surface area contributed by atoms with Crippen molar-refractivity contribution in [2.75, 3.05) is 26.2 Å². The summed E-state index contributed by atoms with van der Waals surface area (Å²) in [7, 11) is 0. The molecule has 0 unspecified atom stereocenters. The average Bonchev–Trinajstić information content (AvgIpc) is 0.923. The minimum absolute atomic E-state index is 0.00632. The number of aliphatic hydroxyl groups is 1. The molecule has 0 aliphatic rings. The van der Waals surface area contributed by atoms with Gasteiger partial charge in [0.2, 0.25) is 59.1 Å². The number of carbonyl (C=O) groups excluding carboxylic acids is 10. The molecule has 4 aromatic carbocycles. The van der Waals surface area contributed by atoms with Crippen molar-refractivity contribution in [1.82, 2.24) is 47.9 Å². The molecule has 0 spiro atoms. The number of guanidine groups is 3. The van der Waals surface area contributed by atoms with Crippen LogP contribution in [-0.2, 0) is 73.6 Å². The van der Waals surface area contributed by atoms with E-state index in [9.17, 15) is 53.1 Å². The summed E-state index contributed by atoms with van der Waals surface area (Å²) in [6.45, 7) is 4.15. The van der Waals surface area contributed by atoms with Gasteiger partial charge in [-0.1, -0.05) is 142 Å². The van der Waals surface area contributed by atoms with Gasteiger partial charge >= 0.3 is 0 Å². The zero-order valence-electron chi connectivity index (χ0n) is 55.0. The molecule has 0 heterocycles. The molecular weight excluding hydrogens is 1250 g/mol. The lowest BCUT2D eigenvalue weighted by Gasteiger charge is -2.30. The number of aliphatic imine (C=N–C) groups is 3. The van der Waals surface area contributed by atoms with Crippen LogP contribution in [0.2, 0.25) is 0 Å². The largest absolute Gasteiger partial charge is 0.391 e. The molecule has 0 bridgehead atoms. The van der Waals surface area contributed by atoms with Crippen LogP contribution in [0, 0.1) is 5.92 Å². The monoisotopic (exact) mass is 1340 g/mol. The minimum Gasteiger partial charge on any atom is -0.391 e. The molecule has 0 aliphatic carbocycles. The van der Waals surface area contributed by atoms with E-state index in [4.69, 9.17) is 45.9 Å². The first-order valence-corrected chi connectivity index (χ1v) is 32.0. The summed E-state index contributed by atoms with van der Waals surface area (Å²) in [5.74, 6) is -9.94. The molecule has 0 aliphatic heterocycles. The molecule has 0 aromatic heterocycles. The maximum absolute atomic E-state index is 14.8. The van der Waals surface area contributed by atoms with Gasteiger partial charge < -0.3 is 98.8 Å². The van der Waals surface area contributed by atoms with Crippen molar-refractivity contribution in [2.24, 2.45) is 66.8 Å². The Balaban J connectivity index is 1.66. The summed E-state index contributed by atoms with van der Waals surface area (Å²) in [6, 6.07) is 22.1. The van der Waals surface area contributed by atoms with E-state index in [0.717, 1.165) is 0 Å². The van der Waals surface area contributed by atoms with Gasteiger partial charge in [0.25, 0.3) is 0 Å². The minimum atomic E-state index is -1.76. The fourth-order valence-electron chi connectivity index (χ4n) is 10.0. The number of nitrogens with two attached hydrogens (primary N) is 8. The standard InChI is InChI=1S/C66H96N20O11/c1-4-39(2)53(62(96)81-47(30-19-33-77-66(73)74)58(92)86-54(40(3)87)63(97)84-51(37-44-26-15-8-16-27-44)61(95)82-48(55(68)89)34-41-20-9-5-10-21-41)85-57(91)46(29-18-32-76-65(71)72)79-56(90)45(28-17-31-75-64(69)70)80-60(94)50(36-43-24-13-7-14-25-43)83-59(93)49(78-52(88)38-67)35-42-22-11-6-12-23-42/h5-16,20-27,39-40,45-51,53-54,87H,4,17-19,28-38,67H2,1-3H3,(H2,68,89)(H,78,88)(H,79,90)(H,80,94)(H,81,96)(H,82,95)(H,83,93)(H,84,97)(H,85,91)(H,86,92)(H4,69,70,75)(H4,71,72,76)(H4,73,74,77)/t39-,40+,45-,46-,47-,48-,49-,50-,51-,53-,54-/m0/s1. The van der Waals surface area contributed by atoms with E-state index in [0.29, 0.717) is 22.3 Å². The molecule has 10 amide bonds. The molecule has 4 aromatic rings. The number of nitrogens with one attached hydrogen (secondary N) is 9. The molecular formula is C66H96N20O11. The molecule has 11 atom stereocenters. The van der Waals surface area contributed by atoms with E-state index in [1.165, 1.54) is 6.92 Å². The van der Waals surface area contributed by atoms with Gasteiger partial charge in [0.15, 0.2) is 17.9 Å². The van der Waals surface area contributed by atoms with Gasteiger partial charge in [-0.15, -0.1) is 0 Å². The van der Waals surface area contributed by atoms with Gasteiger partial charge in [-0.05, 0) is 73.6 Å². The van der Waals surface area contributed by atoms with E-state index < -0.39 is 132 Å².